The largest absolute Gasteiger partial charge is 0.444 e. The van der Waals surface area contributed by atoms with Crippen LogP contribution in [0.15, 0.2) is 30.7 Å². The van der Waals surface area contributed by atoms with Crippen LogP contribution < -0.4 is 5.32 Å². The molecule has 0 radical (unpaired) electrons. The van der Waals surface area contributed by atoms with Crippen molar-refractivity contribution in [2.45, 2.75) is 32.9 Å². The lowest BCUT2D eigenvalue weighted by atomic mass is 10.2. The molecule has 0 aliphatic rings. The lowest BCUT2D eigenvalue weighted by Gasteiger charge is -2.19. The molecule has 0 unspecified atom stereocenters. The van der Waals surface area contributed by atoms with E-state index in [4.69, 9.17) is 4.74 Å². The van der Waals surface area contributed by atoms with Gasteiger partial charge >= 0.3 is 6.09 Å². The predicted octanol–water partition coefficient (Wildman–Crippen LogP) is 3.23. The second-order valence-electron chi connectivity index (χ2n) is 5.21. The Hall–Kier alpha value is -1.95. The fourth-order valence-electron chi connectivity index (χ4n) is 1.50. The standard InChI is InChI=1S/C14H17N3O2S/c1-14(2,3)19-13(18)17-9-12-16-8-11(20-12)10-4-6-15-7-5-10/h4-8H,9H2,1-3H3,(H,17,18). The molecule has 0 saturated carbocycles. The van der Waals surface area contributed by atoms with Crippen molar-refractivity contribution in [3.8, 4) is 10.4 Å². The lowest BCUT2D eigenvalue weighted by Crippen LogP contribution is -2.32. The Kier molecular flexibility index (Phi) is 4.34. The zero-order valence-electron chi connectivity index (χ0n) is 11.7. The number of thiazole rings is 1. The molecule has 0 aliphatic heterocycles. The average Bonchev–Trinajstić information content (AvgIpc) is 2.84. The van der Waals surface area contributed by atoms with Crippen LogP contribution >= 0.6 is 11.3 Å². The first-order valence-electron chi connectivity index (χ1n) is 6.26. The third kappa shape index (κ3) is 4.31. The van der Waals surface area contributed by atoms with E-state index in [2.05, 4.69) is 15.3 Å². The topological polar surface area (TPSA) is 64.1 Å². The Morgan fingerprint density at radius 3 is 2.70 bits per heavy atom. The van der Waals surface area contributed by atoms with Crippen LogP contribution in [0.5, 0.6) is 0 Å². The number of amides is 1. The summed E-state index contributed by atoms with van der Waals surface area (Å²) >= 11 is 1.54. The monoisotopic (exact) mass is 291 g/mol. The van der Waals surface area contributed by atoms with Crippen LogP contribution in [0.1, 0.15) is 25.8 Å². The van der Waals surface area contributed by atoms with E-state index < -0.39 is 11.7 Å². The van der Waals surface area contributed by atoms with Crippen molar-refractivity contribution in [2.24, 2.45) is 0 Å². The minimum atomic E-state index is -0.491. The van der Waals surface area contributed by atoms with Crippen molar-refractivity contribution in [1.29, 1.82) is 0 Å². The Balaban J connectivity index is 1.92. The summed E-state index contributed by atoms with van der Waals surface area (Å²) in [6.45, 7) is 5.86. The van der Waals surface area contributed by atoms with E-state index in [9.17, 15) is 4.79 Å². The highest BCUT2D eigenvalue weighted by molar-refractivity contribution is 7.15. The first-order chi connectivity index (χ1) is 9.44. The van der Waals surface area contributed by atoms with Gasteiger partial charge in [-0.25, -0.2) is 9.78 Å². The zero-order valence-corrected chi connectivity index (χ0v) is 12.5. The number of carbonyl (C=O) groups is 1. The van der Waals surface area contributed by atoms with E-state index in [0.29, 0.717) is 6.54 Å². The van der Waals surface area contributed by atoms with Gasteiger partial charge in [-0.3, -0.25) is 4.98 Å². The van der Waals surface area contributed by atoms with Gasteiger partial charge in [0.05, 0.1) is 11.4 Å². The smallest absolute Gasteiger partial charge is 0.408 e. The van der Waals surface area contributed by atoms with Gasteiger partial charge < -0.3 is 10.1 Å². The number of aromatic nitrogens is 2. The lowest BCUT2D eigenvalue weighted by molar-refractivity contribution is 0.0523. The van der Waals surface area contributed by atoms with Gasteiger partial charge in [0.25, 0.3) is 0 Å². The molecule has 5 nitrogen and oxygen atoms in total. The Bertz CT molecular complexity index is 576. The van der Waals surface area contributed by atoms with Gasteiger partial charge in [0, 0.05) is 18.6 Å². The van der Waals surface area contributed by atoms with Crippen LogP contribution in [0, 0.1) is 0 Å². The summed E-state index contributed by atoms with van der Waals surface area (Å²) in [7, 11) is 0. The molecule has 2 aromatic heterocycles. The van der Waals surface area contributed by atoms with Crippen molar-refractivity contribution in [1.82, 2.24) is 15.3 Å². The second kappa shape index (κ2) is 6.00. The molecule has 0 bridgehead atoms. The Morgan fingerprint density at radius 1 is 1.35 bits per heavy atom. The van der Waals surface area contributed by atoms with E-state index >= 15 is 0 Å². The molecule has 6 heteroatoms. The second-order valence-corrected chi connectivity index (χ2v) is 6.32. The minimum absolute atomic E-state index is 0.366. The van der Waals surface area contributed by atoms with Gasteiger partial charge in [0.2, 0.25) is 0 Å². The SMILES string of the molecule is CC(C)(C)OC(=O)NCc1ncc(-c2ccncc2)s1. The maximum Gasteiger partial charge on any atom is 0.408 e. The summed E-state index contributed by atoms with van der Waals surface area (Å²) in [5, 5.41) is 3.53. The van der Waals surface area contributed by atoms with Crippen molar-refractivity contribution in [2.75, 3.05) is 0 Å². The van der Waals surface area contributed by atoms with Crippen LogP contribution in [0.3, 0.4) is 0 Å². The fourth-order valence-corrected chi connectivity index (χ4v) is 2.37. The van der Waals surface area contributed by atoms with Gasteiger partial charge in [-0.15, -0.1) is 11.3 Å². The molecular weight excluding hydrogens is 274 g/mol. The number of nitrogens with zero attached hydrogens (tertiary/aromatic N) is 2. The number of hydrogen-bond donors (Lipinski definition) is 1. The molecule has 2 rings (SSSR count). The van der Waals surface area contributed by atoms with E-state index in [1.54, 1.807) is 18.6 Å². The first-order valence-corrected chi connectivity index (χ1v) is 7.08. The maximum absolute atomic E-state index is 11.5. The third-order valence-electron chi connectivity index (χ3n) is 2.30. The fraction of sp³-hybridized carbons (Fsp3) is 0.357. The van der Waals surface area contributed by atoms with Crippen molar-refractivity contribution >= 4 is 17.4 Å². The Morgan fingerprint density at radius 2 is 2.05 bits per heavy atom. The van der Waals surface area contributed by atoms with Gasteiger partial charge in [-0.05, 0) is 38.5 Å². The number of alkyl carbamates (subject to hydrolysis) is 1. The summed E-state index contributed by atoms with van der Waals surface area (Å²) in [4.78, 5) is 20.9. The highest BCUT2D eigenvalue weighted by atomic mass is 32.1. The molecule has 2 heterocycles. The summed E-state index contributed by atoms with van der Waals surface area (Å²) in [5.41, 5.74) is 0.579. The summed E-state index contributed by atoms with van der Waals surface area (Å²) < 4.78 is 5.17. The third-order valence-corrected chi connectivity index (χ3v) is 3.35. The molecule has 0 fully saturated rings. The van der Waals surface area contributed by atoms with Crippen molar-refractivity contribution in [3.63, 3.8) is 0 Å². The summed E-state index contributed by atoms with van der Waals surface area (Å²) in [6, 6.07) is 3.86. The maximum atomic E-state index is 11.5. The van der Waals surface area contributed by atoms with Gasteiger partial charge in [0.15, 0.2) is 0 Å². The quantitative estimate of drug-likeness (QED) is 0.943. The van der Waals surface area contributed by atoms with Crippen LogP contribution in [0.4, 0.5) is 4.79 Å². The predicted molar refractivity (Wildman–Crippen MR) is 78.4 cm³/mol. The summed E-state index contributed by atoms with van der Waals surface area (Å²) in [6.07, 6.45) is 4.85. The van der Waals surface area contributed by atoms with Crippen molar-refractivity contribution in [3.05, 3.63) is 35.7 Å². The highest BCUT2D eigenvalue weighted by Gasteiger charge is 2.16. The van der Waals surface area contributed by atoms with Crippen LogP contribution in [-0.2, 0) is 11.3 Å². The molecule has 1 amide bonds. The number of pyridine rings is 1. The van der Waals surface area contributed by atoms with Gasteiger partial charge in [-0.2, -0.15) is 0 Å². The van der Waals surface area contributed by atoms with E-state index in [0.717, 1.165) is 15.4 Å². The van der Waals surface area contributed by atoms with Crippen LogP contribution in [0.25, 0.3) is 10.4 Å². The molecule has 0 spiro atoms. The van der Waals surface area contributed by atoms with Crippen molar-refractivity contribution < 1.29 is 9.53 Å². The van der Waals surface area contributed by atoms with Gasteiger partial charge in [-0.1, -0.05) is 0 Å². The van der Waals surface area contributed by atoms with Gasteiger partial charge in [0.1, 0.15) is 10.6 Å². The number of nitrogens with one attached hydrogen (secondary N) is 1. The number of carbonyl (C=O) groups excluding carboxylic acids is 1. The molecule has 1 N–H and O–H groups in total. The zero-order chi connectivity index (χ0) is 14.6. The minimum Gasteiger partial charge on any atom is -0.444 e. The number of ether oxygens (including phenoxy) is 1. The highest BCUT2D eigenvalue weighted by Crippen LogP contribution is 2.25. The van der Waals surface area contributed by atoms with Crippen LogP contribution in [0.2, 0.25) is 0 Å². The molecule has 0 aliphatic carbocycles. The normalized spacial score (nSPS) is 11.2. The molecule has 0 aromatic carbocycles. The number of rotatable bonds is 3. The van der Waals surface area contributed by atoms with E-state index in [1.807, 2.05) is 32.9 Å². The summed E-state index contributed by atoms with van der Waals surface area (Å²) in [5.74, 6) is 0. The first kappa shape index (κ1) is 14.5. The molecule has 0 atom stereocenters. The number of hydrogen-bond acceptors (Lipinski definition) is 5. The molecule has 20 heavy (non-hydrogen) atoms. The average molecular weight is 291 g/mol. The molecule has 2 aromatic rings. The molecule has 106 valence electrons. The van der Waals surface area contributed by atoms with E-state index in [-0.39, 0.29) is 0 Å². The molecule has 0 saturated heterocycles. The van der Waals surface area contributed by atoms with E-state index in [1.165, 1.54) is 11.3 Å². The molecular formula is C14H17N3O2S. The Labute approximate surface area is 122 Å². The van der Waals surface area contributed by atoms with Crippen LogP contribution in [-0.4, -0.2) is 21.7 Å².